The molecule has 114 valence electrons. The van der Waals surface area contributed by atoms with Gasteiger partial charge in [0.25, 0.3) is 0 Å². The van der Waals surface area contributed by atoms with Crippen molar-refractivity contribution in [3.05, 3.63) is 35.9 Å². The van der Waals surface area contributed by atoms with Gasteiger partial charge in [-0.25, -0.2) is 0 Å². The van der Waals surface area contributed by atoms with Crippen LogP contribution in [0.5, 0.6) is 0 Å². The summed E-state index contributed by atoms with van der Waals surface area (Å²) in [5, 5.41) is 9.58. The summed E-state index contributed by atoms with van der Waals surface area (Å²) >= 11 is 0. The first-order valence-electron chi connectivity index (χ1n) is 7.88. The van der Waals surface area contributed by atoms with Crippen LogP contribution < -0.4 is 0 Å². The molecule has 5 unspecified atom stereocenters. The van der Waals surface area contributed by atoms with Gasteiger partial charge in [0.2, 0.25) is 0 Å². The van der Waals surface area contributed by atoms with Crippen LogP contribution in [0.4, 0.5) is 0 Å². The highest BCUT2D eigenvalue weighted by molar-refractivity contribution is 7.86. The molecule has 1 aromatic rings. The Kier molecular flexibility index (Phi) is 5.58. The molecule has 3 heteroatoms. The van der Waals surface area contributed by atoms with Crippen molar-refractivity contribution in [1.29, 1.82) is 5.26 Å². The number of hydrogen-bond acceptors (Lipinski definition) is 2. The van der Waals surface area contributed by atoms with Gasteiger partial charge >= 0.3 is 0 Å². The molecule has 21 heavy (non-hydrogen) atoms. The normalized spacial score (nSPS) is 28.8. The van der Waals surface area contributed by atoms with Gasteiger partial charge in [0.05, 0.1) is 17.2 Å². The Balaban J connectivity index is 2.17. The molecule has 2 nitrogen and oxygen atoms in total. The Labute approximate surface area is 131 Å². The van der Waals surface area contributed by atoms with E-state index in [4.69, 9.17) is 0 Å². The maximum atomic E-state index is 12.8. The molecule has 0 bridgehead atoms. The maximum absolute atomic E-state index is 12.8. The van der Waals surface area contributed by atoms with Crippen molar-refractivity contribution < 1.29 is 4.21 Å². The highest BCUT2D eigenvalue weighted by Crippen LogP contribution is 2.39. The summed E-state index contributed by atoms with van der Waals surface area (Å²) in [6.45, 7) is 6.28. The van der Waals surface area contributed by atoms with Crippen LogP contribution in [0, 0.1) is 23.2 Å². The Morgan fingerprint density at radius 1 is 1.19 bits per heavy atom. The molecule has 0 radical (unpaired) electrons. The first-order valence-corrected chi connectivity index (χ1v) is 9.16. The molecule has 0 aliphatic heterocycles. The lowest BCUT2D eigenvalue weighted by molar-refractivity contribution is 0.384. The van der Waals surface area contributed by atoms with Crippen LogP contribution in [0.1, 0.15) is 51.5 Å². The zero-order chi connectivity index (χ0) is 15.4. The highest BCUT2D eigenvalue weighted by Gasteiger charge is 2.37. The van der Waals surface area contributed by atoms with Gasteiger partial charge in [-0.1, -0.05) is 51.1 Å². The van der Waals surface area contributed by atoms with E-state index in [-0.39, 0.29) is 16.4 Å². The van der Waals surface area contributed by atoms with E-state index in [1.165, 1.54) is 5.56 Å². The molecule has 0 spiro atoms. The number of benzene rings is 1. The quantitative estimate of drug-likeness (QED) is 0.834. The minimum absolute atomic E-state index is 0.0198. The van der Waals surface area contributed by atoms with E-state index in [0.717, 1.165) is 19.3 Å². The van der Waals surface area contributed by atoms with Crippen molar-refractivity contribution in [3.8, 4) is 6.07 Å². The molecule has 1 fully saturated rings. The smallest absolute Gasteiger partial charge is 0.0668 e. The van der Waals surface area contributed by atoms with Crippen LogP contribution in [-0.4, -0.2) is 14.7 Å². The molecule has 0 heterocycles. The Hall–Kier alpha value is -1.14. The Morgan fingerprint density at radius 2 is 1.86 bits per heavy atom. The Morgan fingerprint density at radius 3 is 2.43 bits per heavy atom. The topological polar surface area (TPSA) is 40.9 Å². The summed E-state index contributed by atoms with van der Waals surface area (Å²) in [5.41, 5.74) is 1.33. The molecule has 1 saturated carbocycles. The van der Waals surface area contributed by atoms with Crippen LogP contribution in [0.15, 0.2) is 30.3 Å². The van der Waals surface area contributed by atoms with Crippen LogP contribution >= 0.6 is 0 Å². The molecule has 1 aliphatic carbocycles. The van der Waals surface area contributed by atoms with Crippen LogP contribution in [0.25, 0.3) is 0 Å². The van der Waals surface area contributed by atoms with E-state index < -0.39 is 10.8 Å². The molecule has 2 rings (SSSR count). The predicted octanol–water partition coefficient (Wildman–Crippen LogP) is 4.26. The fourth-order valence-electron chi connectivity index (χ4n) is 3.11. The second-order valence-electron chi connectivity index (χ2n) is 6.47. The van der Waals surface area contributed by atoms with Gasteiger partial charge in [-0.3, -0.25) is 4.21 Å². The molecule has 0 saturated heterocycles. The zero-order valence-electron chi connectivity index (χ0n) is 13.2. The van der Waals surface area contributed by atoms with E-state index in [0.29, 0.717) is 11.8 Å². The van der Waals surface area contributed by atoms with E-state index in [2.05, 4.69) is 51.1 Å². The summed E-state index contributed by atoms with van der Waals surface area (Å²) < 4.78 is 12.8. The van der Waals surface area contributed by atoms with Crippen molar-refractivity contribution >= 4 is 10.8 Å². The molecular formula is C18H25NOS. The summed E-state index contributed by atoms with van der Waals surface area (Å²) in [7, 11) is -0.928. The monoisotopic (exact) mass is 303 g/mol. The van der Waals surface area contributed by atoms with E-state index in [9.17, 15) is 9.47 Å². The van der Waals surface area contributed by atoms with Gasteiger partial charge in [0.1, 0.15) is 0 Å². The minimum atomic E-state index is -0.928. The second-order valence-corrected chi connectivity index (χ2v) is 8.48. The predicted molar refractivity (Wildman–Crippen MR) is 88.4 cm³/mol. The lowest BCUT2D eigenvalue weighted by atomic mass is 9.79. The molecule has 1 aromatic carbocycles. The van der Waals surface area contributed by atoms with Gasteiger partial charge in [-0.2, -0.15) is 5.26 Å². The zero-order valence-corrected chi connectivity index (χ0v) is 14.0. The summed E-state index contributed by atoms with van der Waals surface area (Å²) in [4.78, 5) is 0. The third-order valence-corrected chi connectivity index (χ3v) is 7.23. The maximum Gasteiger partial charge on any atom is 0.0668 e. The summed E-state index contributed by atoms with van der Waals surface area (Å²) in [6.07, 6.45) is 2.79. The van der Waals surface area contributed by atoms with Gasteiger partial charge in [0, 0.05) is 16.0 Å². The highest BCUT2D eigenvalue weighted by atomic mass is 32.2. The van der Waals surface area contributed by atoms with E-state index in [1.54, 1.807) is 0 Å². The van der Waals surface area contributed by atoms with Crippen LogP contribution in [-0.2, 0) is 10.8 Å². The van der Waals surface area contributed by atoms with E-state index >= 15 is 0 Å². The summed E-state index contributed by atoms with van der Waals surface area (Å²) in [5.74, 6) is 0.790. The number of hydrogen-bond donors (Lipinski definition) is 0. The number of nitriles is 1. The van der Waals surface area contributed by atoms with E-state index in [1.807, 2.05) is 6.07 Å². The van der Waals surface area contributed by atoms with Gasteiger partial charge in [-0.15, -0.1) is 0 Å². The summed E-state index contributed by atoms with van der Waals surface area (Å²) in [6, 6.07) is 12.9. The standard InChI is InChI=1S/C18H25NOS/c1-13(2)14(3)21(20)18-11-16(9-10-17(18)12-19)15-7-5-4-6-8-15/h4-8,13-14,16-18H,9-11H2,1-3H3. The fourth-order valence-corrected chi connectivity index (χ4v) is 5.14. The molecular weight excluding hydrogens is 278 g/mol. The van der Waals surface area contributed by atoms with Crippen molar-refractivity contribution in [2.75, 3.05) is 0 Å². The first kappa shape index (κ1) is 16.2. The largest absolute Gasteiger partial charge is 0.259 e. The third kappa shape index (κ3) is 3.74. The lowest BCUT2D eigenvalue weighted by Gasteiger charge is -2.34. The average Bonchev–Trinajstić information content (AvgIpc) is 2.53. The first-order chi connectivity index (χ1) is 10.0. The molecule has 5 atom stereocenters. The van der Waals surface area contributed by atoms with Gasteiger partial charge in [0.15, 0.2) is 0 Å². The number of nitrogens with zero attached hydrogens (tertiary/aromatic N) is 1. The van der Waals surface area contributed by atoms with Crippen molar-refractivity contribution in [1.82, 2.24) is 0 Å². The molecule has 0 aromatic heterocycles. The van der Waals surface area contributed by atoms with Crippen molar-refractivity contribution in [2.45, 2.75) is 56.5 Å². The molecule has 1 aliphatic rings. The van der Waals surface area contributed by atoms with Crippen molar-refractivity contribution in [2.24, 2.45) is 11.8 Å². The molecule has 0 N–H and O–H groups in total. The SMILES string of the molecule is CC(C)C(C)S(=O)C1CC(c2ccccc2)CCC1C#N. The van der Waals surface area contributed by atoms with Gasteiger partial charge in [-0.05, 0) is 36.7 Å². The second kappa shape index (κ2) is 7.22. The van der Waals surface area contributed by atoms with Crippen LogP contribution in [0.3, 0.4) is 0 Å². The number of rotatable bonds is 4. The average molecular weight is 303 g/mol. The van der Waals surface area contributed by atoms with Crippen molar-refractivity contribution in [3.63, 3.8) is 0 Å². The third-order valence-electron chi connectivity index (χ3n) is 4.83. The Bertz CT molecular complexity index is 520. The fraction of sp³-hybridized carbons (Fsp3) is 0.611. The van der Waals surface area contributed by atoms with Gasteiger partial charge < -0.3 is 0 Å². The lowest BCUT2D eigenvalue weighted by Crippen LogP contribution is -2.37. The minimum Gasteiger partial charge on any atom is -0.259 e. The van der Waals surface area contributed by atoms with Crippen LogP contribution in [0.2, 0.25) is 0 Å². The molecule has 0 amide bonds.